The summed E-state index contributed by atoms with van der Waals surface area (Å²) in [6, 6.07) is 2.45. The molecule has 0 bridgehead atoms. The highest BCUT2D eigenvalue weighted by Gasteiger charge is 2.30. The highest BCUT2D eigenvalue weighted by Crippen LogP contribution is 2.23. The van der Waals surface area contributed by atoms with Crippen LogP contribution in [0, 0.1) is 0 Å². The zero-order chi connectivity index (χ0) is 12.2. The van der Waals surface area contributed by atoms with E-state index in [1.54, 1.807) is 12.1 Å². The first-order valence-electron chi connectivity index (χ1n) is 4.74. The lowest BCUT2D eigenvalue weighted by Crippen LogP contribution is -2.24. The molecule has 0 fully saturated rings. The van der Waals surface area contributed by atoms with E-state index >= 15 is 0 Å². The normalized spacial score (nSPS) is 13.3. The summed E-state index contributed by atoms with van der Waals surface area (Å²) in [6.07, 6.45) is -3.60. The Kier molecular flexibility index (Phi) is 3.98. The van der Waals surface area contributed by atoms with E-state index in [4.69, 9.17) is 4.74 Å². The number of aromatic nitrogens is 1. The Balaban J connectivity index is 2.59. The van der Waals surface area contributed by atoms with E-state index in [0.29, 0.717) is 11.6 Å². The lowest BCUT2D eigenvalue weighted by atomic mass is 10.2. The van der Waals surface area contributed by atoms with Crippen molar-refractivity contribution >= 4 is 5.82 Å². The summed E-state index contributed by atoms with van der Waals surface area (Å²) in [5, 5.41) is 2.66. The second-order valence-electron chi connectivity index (χ2n) is 3.45. The maximum absolute atomic E-state index is 12.1. The highest BCUT2D eigenvalue weighted by molar-refractivity contribution is 5.41. The van der Waals surface area contributed by atoms with Gasteiger partial charge in [-0.2, -0.15) is 13.2 Å². The lowest BCUT2D eigenvalue weighted by Gasteiger charge is -2.16. The van der Waals surface area contributed by atoms with Crippen LogP contribution in [0.15, 0.2) is 18.3 Å². The number of alkyl halides is 3. The van der Waals surface area contributed by atoms with Crippen molar-refractivity contribution in [3.05, 3.63) is 18.3 Å². The minimum absolute atomic E-state index is 0.371. The van der Waals surface area contributed by atoms with Gasteiger partial charge in [-0.1, -0.05) is 0 Å². The molecule has 1 unspecified atom stereocenters. The SMILES string of the molecule is COc1ccnc(NC(C)CC(F)(F)F)c1. The summed E-state index contributed by atoms with van der Waals surface area (Å²) in [4.78, 5) is 3.90. The van der Waals surface area contributed by atoms with Crippen molar-refractivity contribution < 1.29 is 17.9 Å². The van der Waals surface area contributed by atoms with E-state index in [0.717, 1.165) is 0 Å². The second-order valence-corrected chi connectivity index (χ2v) is 3.45. The Morgan fingerprint density at radius 3 is 2.75 bits per heavy atom. The molecule has 90 valence electrons. The molecule has 0 saturated carbocycles. The third-order valence-corrected chi connectivity index (χ3v) is 1.90. The van der Waals surface area contributed by atoms with Crippen LogP contribution in [-0.2, 0) is 0 Å². The molecule has 1 N–H and O–H groups in total. The molecule has 0 spiro atoms. The van der Waals surface area contributed by atoms with Crippen molar-refractivity contribution in [1.29, 1.82) is 0 Å². The first kappa shape index (κ1) is 12.6. The number of hydrogen-bond acceptors (Lipinski definition) is 3. The van der Waals surface area contributed by atoms with E-state index < -0.39 is 18.6 Å². The number of hydrogen-bond donors (Lipinski definition) is 1. The Morgan fingerprint density at radius 2 is 2.19 bits per heavy atom. The van der Waals surface area contributed by atoms with Gasteiger partial charge in [-0.05, 0) is 13.0 Å². The average Bonchev–Trinajstić information content (AvgIpc) is 2.15. The molecule has 1 atom stereocenters. The fourth-order valence-electron chi connectivity index (χ4n) is 1.27. The summed E-state index contributed by atoms with van der Waals surface area (Å²) in [5.74, 6) is 0.924. The first-order chi connectivity index (χ1) is 7.40. The van der Waals surface area contributed by atoms with Crippen LogP contribution in [0.4, 0.5) is 19.0 Å². The molecule has 0 aliphatic carbocycles. The fraction of sp³-hybridized carbons (Fsp3) is 0.500. The zero-order valence-electron chi connectivity index (χ0n) is 9.01. The van der Waals surface area contributed by atoms with Gasteiger partial charge in [0, 0.05) is 18.3 Å². The number of ether oxygens (including phenoxy) is 1. The van der Waals surface area contributed by atoms with E-state index in [1.807, 2.05) is 0 Å². The summed E-state index contributed by atoms with van der Waals surface area (Å²) >= 11 is 0. The van der Waals surface area contributed by atoms with Crippen molar-refractivity contribution in [3.8, 4) is 5.75 Å². The minimum atomic E-state index is -4.18. The van der Waals surface area contributed by atoms with Gasteiger partial charge in [0.1, 0.15) is 11.6 Å². The molecule has 1 rings (SSSR count). The predicted octanol–water partition coefficient (Wildman–Crippen LogP) is 2.84. The van der Waals surface area contributed by atoms with Crippen LogP contribution < -0.4 is 10.1 Å². The lowest BCUT2D eigenvalue weighted by molar-refractivity contribution is -0.136. The molecule has 0 aliphatic rings. The number of nitrogens with one attached hydrogen (secondary N) is 1. The summed E-state index contributed by atoms with van der Waals surface area (Å²) in [7, 11) is 1.48. The standard InChI is InChI=1S/C10H13F3N2O/c1-7(6-10(11,12)13)15-9-5-8(16-2)3-4-14-9/h3-5,7H,6H2,1-2H3,(H,14,15). The van der Waals surface area contributed by atoms with Crippen molar-refractivity contribution in [2.24, 2.45) is 0 Å². The molecule has 3 nitrogen and oxygen atoms in total. The monoisotopic (exact) mass is 234 g/mol. The van der Waals surface area contributed by atoms with Crippen LogP contribution in [0.25, 0.3) is 0 Å². The number of methoxy groups -OCH3 is 1. The molecule has 0 aromatic carbocycles. The van der Waals surface area contributed by atoms with Gasteiger partial charge in [0.25, 0.3) is 0 Å². The third-order valence-electron chi connectivity index (χ3n) is 1.90. The number of nitrogens with zero attached hydrogens (tertiary/aromatic N) is 1. The molecule has 0 saturated heterocycles. The Labute approximate surface area is 91.6 Å². The van der Waals surface area contributed by atoms with Crippen LogP contribution in [0.1, 0.15) is 13.3 Å². The van der Waals surface area contributed by atoms with Gasteiger partial charge < -0.3 is 10.1 Å². The Bertz CT molecular complexity index is 341. The van der Waals surface area contributed by atoms with Gasteiger partial charge in [0.05, 0.1) is 13.5 Å². The van der Waals surface area contributed by atoms with E-state index in [-0.39, 0.29) is 0 Å². The van der Waals surface area contributed by atoms with Gasteiger partial charge in [0.15, 0.2) is 0 Å². The topological polar surface area (TPSA) is 34.1 Å². The summed E-state index contributed by atoms with van der Waals surface area (Å²) in [6.45, 7) is 1.45. The molecular formula is C10H13F3N2O. The Morgan fingerprint density at radius 1 is 1.50 bits per heavy atom. The fourth-order valence-corrected chi connectivity index (χ4v) is 1.27. The van der Waals surface area contributed by atoms with Crippen LogP contribution in [0.2, 0.25) is 0 Å². The van der Waals surface area contributed by atoms with Crippen LogP contribution in [-0.4, -0.2) is 24.3 Å². The molecule has 0 amide bonds. The van der Waals surface area contributed by atoms with Gasteiger partial charge >= 0.3 is 6.18 Å². The average molecular weight is 234 g/mol. The van der Waals surface area contributed by atoms with Crippen molar-refractivity contribution in [2.75, 3.05) is 12.4 Å². The van der Waals surface area contributed by atoms with E-state index in [2.05, 4.69) is 10.3 Å². The summed E-state index contributed by atoms with van der Waals surface area (Å²) < 4.78 is 41.1. The van der Waals surface area contributed by atoms with Gasteiger partial charge in [-0.15, -0.1) is 0 Å². The first-order valence-corrected chi connectivity index (χ1v) is 4.74. The smallest absolute Gasteiger partial charge is 0.391 e. The molecule has 0 radical (unpaired) electrons. The predicted molar refractivity (Wildman–Crippen MR) is 54.5 cm³/mol. The number of rotatable bonds is 4. The maximum Gasteiger partial charge on any atom is 0.391 e. The number of halogens is 3. The highest BCUT2D eigenvalue weighted by atomic mass is 19.4. The third kappa shape index (κ3) is 4.37. The van der Waals surface area contributed by atoms with E-state index in [1.165, 1.54) is 20.2 Å². The van der Waals surface area contributed by atoms with Gasteiger partial charge in [-0.3, -0.25) is 0 Å². The van der Waals surface area contributed by atoms with Crippen molar-refractivity contribution in [2.45, 2.75) is 25.6 Å². The van der Waals surface area contributed by atoms with Crippen LogP contribution in [0.5, 0.6) is 5.75 Å². The molecule has 1 heterocycles. The number of pyridine rings is 1. The number of anilines is 1. The van der Waals surface area contributed by atoms with E-state index in [9.17, 15) is 13.2 Å². The zero-order valence-corrected chi connectivity index (χ0v) is 9.01. The molecule has 0 aliphatic heterocycles. The molecular weight excluding hydrogens is 221 g/mol. The maximum atomic E-state index is 12.1. The van der Waals surface area contributed by atoms with Crippen LogP contribution in [0.3, 0.4) is 0 Å². The molecule has 6 heteroatoms. The Hall–Kier alpha value is -1.46. The molecule has 1 aromatic heterocycles. The van der Waals surface area contributed by atoms with Gasteiger partial charge in [-0.25, -0.2) is 4.98 Å². The van der Waals surface area contributed by atoms with Crippen LogP contribution >= 0.6 is 0 Å². The quantitative estimate of drug-likeness (QED) is 0.869. The van der Waals surface area contributed by atoms with Gasteiger partial charge in [0.2, 0.25) is 0 Å². The second kappa shape index (κ2) is 5.05. The minimum Gasteiger partial charge on any atom is -0.497 e. The summed E-state index contributed by atoms with van der Waals surface area (Å²) in [5.41, 5.74) is 0. The van der Waals surface area contributed by atoms with Crippen molar-refractivity contribution in [1.82, 2.24) is 4.98 Å². The van der Waals surface area contributed by atoms with Crippen molar-refractivity contribution in [3.63, 3.8) is 0 Å². The molecule has 16 heavy (non-hydrogen) atoms. The molecule has 1 aromatic rings. The largest absolute Gasteiger partial charge is 0.497 e.